The van der Waals surface area contributed by atoms with Crippen molar-refractivity contribution in [2.24, 2.45) is 5.92 Å². The van der Waals surface area contributed by atoms with Crippen LogP contribution in [0.3, 0.4) is 0 Å². The molecule has 0 spiro atoms. The lowest BCUT2D eigenvalue weighted by Gasteiger charge is -2.38. The molecule has 2 N–H and O–H groups in total. The molecule has 204 valence electrons. The van der Waals surface area contributed by atoms with Gasteiger partial charge in [0.05, 0.1) is 10.7 Å². The number of rotatable bonds is 8. The Morgan fingerprint density at radius 1 is 1.03 bits per heavy atom. The van der Waals surface area contributed by atoms with E-state index in [9.17, 15) is 14.4 Å². The quantitative estimate of drug-likeness (QED) is 0.397. The number of hydrogen-bond donors (Lipinski definition) is 2. The Labute approximate surface area is 231 Å². The van der Waals surface area contributed by atoms with Crippen LogP contribution in [-0.4, -0.2) is 40.5 Å². The third kappa shape index (κ3) is 8.00. The summed E-state index contributed by atoms with van der Waals surface area (Å²) in [6.07, 6.45) is 4.82. The largest absolute Gasteiger partial charge is 0.444 e. The maximum Gasteiger partial charge on any atom is 0.408 e. The van der Waals surface area contributed by atoms with Crippen molar-refractivity contribution in [1.82, 2.24) is 10.2 Å². The molecule has 0 radical (unpaired) electrons. The fourth-order valence-electron chi connectivity index (χ4n) is 3.97. The highest BCUT2D eigenvalue weighted by Crippen LogP contribution is 2.31. The highest BCUT2D eigenvalue weighted by atomic mass is 35.5. The molecule has 2 atom stereocenters. The Balaban J connectivity index is 2.57. The molecule has 0 aliphatic heterocycles. The molecule has 0 heterocycles. The van der Waals surface area contributed by atoms with Gasteiger partial charge in [-0.2, -0.15) is 0 Å². The number of carbonyl (C=O) groups is 3. The second-order valence-electron chi connectivity index (χ2n) is 10.8. The normalized spacial score (nSPS) is 12.9. The molecule has 2 rings (SSSR count). The average Bonchev–Trinajstić information content (AvgIpc) is 2.81. The number of benzene rings is 2. The van der Waals surface area contributed by atoms with Crippen LogP contribution in [0, 0.1) is 25.2 Å². The van der Waals surface area contributed by atoms with Crippen LogP contribution in [0.4, 0.5) is 10.5 Å². The first-order valence-electron chi connectivity index (χ1n) is 12.6. The van der Waals surface area contributed by atoms with Crippen molar-refractivity contribution in [2.75, 3.05) is 5.32 Å². The molecule has 0 bridgehead atoms. The van der Waals surface area contributed by atoms with Crippen LogP contribution in [0.25, 0.3) is 0 Å². The number of aryl methyl sites for hydroxylation is 1. The van der Waals surface area contributed by atoms with Crippen LogP contribution in [0.5, 0.6) is 0 Å². The van der Waals surface area contributed by atoms with Gasteiger partial charge in [0.1, 0.15) is 17.7 Å². The maximum absolute atomic E-state index is 14.1. The summed E-state index contributed by atoms with van der Waals surface area (Å²) in [6, 6.07) is 9.84. The summed E-state index contributed by atoms with van der Waals surface area (Å²) in [5.74, 6) is 1.42. The number of hydrogen-bond acceptors (Lipinski definition) is 4. The van der Waals surface area contributed by atoms with Crippen LogP contribution in [0.15, 0.2) is 42.5 Å². The van der Waals surface area contributed by atoms with E-state index in [1.54, 1.807) is 57.2 Å². The number of para-hydroxylation sites is 1. The Kier molecular flexibility index (Phi) is 10.4. The maximum atomic E-state index is 14.1. The number of carbonyl (C=O) groups excluding carboxylic acids is 3. The van der Waals surface area contributed by atoms with Crippen LogP contribution in [0.1, 0.15) is 71.2 Å². The van der Waals surface area contributed by atoms with E-state index in [1.165, 1.54) is 4.90 Å². The summed E-state index contributed by atoms with van der Waals surface area (Å²) >= 11 is 6.39. The van der Waals surface area contributed by atoms with Gasteiger partial charge in [-0.05, 0) is 76.8 Å². The van der Waals surface area contributed by atoms with Gasteiger partial charge in [0, 0.05) is 11.6 Å². The van der Waals surface area contributed by atoms with E-state index in [4.69, 9.17) is 22.8 Å². The highest BCUT2D eigenvalue weighted by Gasteiger charge is 2.39. The minimum atomic E-state index is -1.04. The summed E-state index contributed by atoms with van der Waals surface area (Å²) in [5.41, 5.74) is 1.71. The predicted octanol–water partition coefficient (Wildman–Crippen LogP) is 6.10. The SMILES string of the molecule is C#Cc1ccc(C(C(=O)Nc2c(C)cccc2Cl)N(C(=O)C(NC(=O)OC(C)(C)C)C(C)C)C(C)C)cc1. The number of ether oxygens (including phenoxy) is 1. The van der Waals surface area contributed by atoms with Crippen molar-refractivity contribution < 1.29 is 19.1 Å². The van der Waals surface area contributed by atoms with Crippen molar-refractivity contribution in [2.45, 2.75) is 79.1 Å². The molecule has 0 aliphatic rings. The topological polar surface area (TPSA) is 87.7 Å². The number of nitrogens with one attached hydrogen (secondary N) is 2. The summed E-state index contributed by atoms with van der Waals surface area (Å²) in [6.45, 7) is 14.4. The Morgan fingerprint density at radius 3 is 2.11 bits per heavy atom. The molecule has 3 amide bonds. The van der Waals surface area contributed by atoms with Crippen molar-refractivity contribution in [1.29, 1.82) is 0 Å². The van der Waals surface area contributed by atoms with Gasteiger partial charge in [-0.25, -0.2) is 4.79 Å². The van der Waals surface area contributed by atoms with Gasteiger partial charge in [0.2, 0.25) is 5.91 Å². The fraction of sp³-hybridized carbons (Fsp3) is 0.433. The second kappa shape index (κ2) is 12.8. The molecule has 0 fully saturated rings. The summed E-state index contributed by atoms with van der Waals surface area (Å²) in [4.78, 5) is 42.1. The van der Waals surface area contributed by atoms with Crippen LogP contribution < -0.4 is 10.6 Å². The molecule has 0 aromatic heterocycles. The molecule has 0 aliphatic carbocycles. The second-order valence-corrected chi connectivity index (χ2v) is 11.2. The lowest BCUT2D eigenvalue weighted by atomic mass is 9.96. The molecular weight excluding hydrogens is 502 g/mol. The minimum absolute atomic E-state index is 0.283. The first-order chi connectivity index (χ1) is 17.7. The zero-order chi connectivity index (χ0) is 28.8. The van der Waals surface area contributed by atoms with Crippen molar-refractivity contribution in [3.63, 3.8) is 0 Å². The Bertz CT molecular complexity index is 1170. The molecule has 0 saturated heterocycles. The standard InChI is InChI=1S/C30H38ClN3O4/c1-10-21-14-16-22(17-15-21)26(27(35)32-25-20(6)12-11-13-23(25)31)34(19(4)5)28(36)24(18(2)3)33-29(37)38-30(7,8)9/h1,11-19,24,26H,2-9H3,(H,32,35)(H,33,37). The fourth-order valence-corrected chi connectivity index (χ4v) is 4.24. The molecule has 2 aromatic carbocycles. The monoisotopic (exact) mass is 539 g/mol. The van der Waals surface area contributed by atoms with Gasteiger partial charge in [-0.1, -0.05) is 55.6 Å². The molecule has 8 heteroatoms. The molecular formula is C30H38ClN3O4. The first-order valence-corrected chi connectivity index (χ1v) is 13.0. The number of alkyl carbamates (subject to hydrolysis) is 1. The molecule has 2 unspecified atom stereocenters. The van der Waals surface area contributed by atoms with E-state index < -0.39 is 41.6 Å². The lowest BCUT2D eigenvalue weighted by molar-refractivity contribution is -0.143. The smallest absolute Gasteiger partial charge is 0.408 e. The van der Waals surface area contributed by atoms with Crippen LogP contribution in [-0.2, 0) is 14.3 Å². The molecule has 0 saturated carbocycles. The summed E-state index contributed by atoms with van der Waals surface area (Å²) < 4.78 is 5.40. The molecule has 2 aromatic rings. The van der Waals surface area contributed by atoms with E-state index >= 15 is 0 Å². The molecule has 38 heavy (non-hydrogen) atoms. The van der Waals surface area contributed by atoms with Crippen LogP contribution in [0.2, 0.25) is 5.02 Å². The van der Waals surface area contributed by atoms with E-state index in [1.807, 2.05) is 40.7 Å². The highest BCUT2D eigenvalue weighted by molar-refractivity contribution is 6.34. The number of amides is 3. The third-order valence-electron chi connectivity index (χ3n) is 5.81. The average molecular weight is 540 g/mol. The zero-order valence-electron chi connectivity index (χ0n) is 23.4. The van der Waals surface area contributed by atoms with Gasteiger partial charge in [0.25, 0.3) is 5.91 Å². The van der Waals surface area contributed by atoms with E-state index in [-0.39, 0.29) is 5.92 Å². The van der Waals surface area contributed by atoms with Gasteiger partial charge < -0.3 is 20.3 Å². The van der Waals surface area contributed by atoms with E-state index in [0.717, 1.165) is 5.56 Å². The first kappa shape index (κ1) is 30.7. The minimum Gasteiger partial charge on any atom is -0.444 e. The van der Waals surface area contributed by atoms with Crippen molar-refractivity contribution in [3.8, 4) is 12.3 Å². The van der Waals surface area contributed by atoms with Crippen molar-refractivity contribution >= 4 is 35.2 Å². The lowest BCUT2D eigenvalue weighted by Crippen LogP contribution is -2.56. The summed E-state index contributed by atoms with van der Waals surface area (Å²) in [5, 5.41) is 6.01. The Morgan fingerprint density at radius 2 is 1.63 bits per heavy atom. The number of halogens is 1. The zero-order valence-corrected chi connectivity index (χ0v) is 24.1. The predicted molar refractivity (Wildman–Crippen MR) is 152 cm³/mol. The Hall–Kier alpha value is -3.50. The number of anilines is 1. The van der Waals surface area contributed by atoms with Gasteiger partial charge in [-0.3, -0.25) is 9.59 Å². The van der Waals surface area contributed by atoms with Crippen molar-refractivity contribution in [3.05, 3.63) is 64.2 Å². The number of nitrogens with zero attached hydrogens (tertiary/aromatic N) is 1. The number of terminal acetylenes is 1. The summed E-state index contributed by atoms with van der Waals surface area (Å²) in [7, 11) is 0. The van der Waals surface area contributed by atoms with Gasteiger partial charge >= 0.3 is 6.09 Å². The van der Waals surface area contributed by atoms with Gasteiger partial charge in [0.15, 0.2) is 0 Å². The van der Waals surface area contributed by atoms with E-state index in [0.29, 0.717) is 21.8 Å². The van der Waals surface area contributed by atoms with E-state index in [2.05, 4.69) is 16.6 Å². The van der Waals surface area contributed by atoms with Gasteiger partial charge in [-0.15, -0.1) is 6.42 Å². The van der Waals surface area contributed by atoms with Crippen LogP contribution >= 0.6 is 11.6 Å². The molecule has 7 nitrogen and oxygen atoms in total. The third-order valence-corrected chi connectivity index (χ3v) is 6.12.